The fourth-order valence-electron chi connectivity index (χ4n) is 4.99. The highest BCUT2D eigenvalue weighted by Gasteiger charge is 2.49. The molecule has 0 radical (unpaired) electrons. The van der Waals surface area contributed by atoms with Gasteiger partial charge >= 0.3 is 0 Å². The standard InChI is InChI=1S/C17H29NO2/c1-10(2)15-8-12-7-11(15)9-16(12)17(20)18-13-3-5-14(19)6-4-13/h10-16,19H,3-9H2,1-2H3,(H,18,20). The summed E-state index contributed by atoms with van der Waals surface area (Å²) in [5.41, 5.74) is 0. The van der Waals surface area contributed by atoms with E-state index >= 15 is 0 Å². The van der Waals surface area contributed by atoms with E-state index in [1.54, 1.807) is 0 Å². The summed E-state index contributed by atoms with van der Waals surface area (Å²) in [6.07, 6.45) is 7.11. The molecule has 3 fully saturated rings. The summed E-state index contributed by atoms with van der Waals surface area (Å²) >= 11 is 0. The maximum atomic E-state index is 12.5. The molecule has 3 heteroatoms. The van der Waals surface area contributed by atoms with Crippen LogP contribution in [0.1, 0.15) is 58.8 Å². The van der Waals surface area contributed by atoms with Crippen molar-refractivity contribution in [1.82, 2.24) is 5.32 Å². The molecule has 0 aliphatic heterocycles. The third-order valence-electron chi connectivity index (χ3n) is 6.15. The van der Waals surface area contributed by atoms with E-state index in [9.17, 15) is 9.90 Å². The Kier molecular flexibility index (Phi) is 4.07. The summed E-state index contributed by atoms with van der Waals surface area (Å²) in [6, 6.07) is 0.311. The van der Waals surface area contributed by atoms with Gasteiger partial charge < -0.3 is 10.4 Å². The normalized spacial score (nSPS) is 44.0. The van der Waals surface area contributed by atoms with Gasteiger partial charge in [0.2, 0.25) is 5.91 Å². The van der Waals surface area contributed by atoms with E-state index < -0.39 is 0 Å². The Bertz CT molecular complexity index is 360. The lowest BCUT2D eigenvalue weighted by Gasteiger charge is -2.32. The second-order valence-corrected chi connectivity index (χ2v) is 7.76. The second kappa shape index (κ2) is 5.67. The Hall–Kier alpha value is -0.570. The zero-order valence-electron chi connectivity index (χ0n) is 12.8. The number of hydrogen-bond donors (Lipinski definition) is 2. The van der Waals surface area contributed by atoms with E-state index in [0.29, 0.717) is 17.9 Å². The Morgan fingerprint density at radius 1 is 1.05 bits per heavy atom. The van der Waals surface area contributed by atoms with Crippen LogP contribution in [0.25, 0.3) is 0 Å². The van der Waals surface area contributed by atoms with Crippen molar-refractivity contribution in [3.8, 4) is 0 Å². The molecular weight excluding hydrogens is 250 g/mol. The first-order valence-corrected chi connectivity index (χ1v) is 8.53. The topological polar surface area (TPSA) is 49.3 Å². The molecule has 3 saturated carbocycles. The molecule has 114 valence electrons. The number of aliphatic hydroxyl groups excluding tert-OH is 1. The average molecular weight is 279 g/mol. The molecule has 0 aromatic carbocycles. The van der Waals surface area contributed by atoms with Gasteiger partial charge in [0, 0.05) is 12.0 Å². The maximum absolute atomic E-state index is 12.5. The highest BCUT2D eigenvalue weighted by molar-refractivity contribution is 5.79. The predicted molar refractivity (Wildman–Crippen MR) is 79.1 cm³/mol. The Labute approximate surface area is 122 Å². The largest absolute Gasteiger partial charge is 0.393 e. The summed E-state index contributed by atoms with van der Waals surface area (Å²) < 4.78 is 0. The van der Waals surface area contributed by atoms with Gasteiger partial charge in [-0.05, 0) is 68.6 Å². The van der Waals surface area contributed by atoms with Crippen LogP contribution in [0.15, 0.2) is 0 Å². The molecule has 0 aromatic rings. The first-order valence-electron chi connectivity index (χ1n) is 8.53. The second-order valence-electron chi connectivity index (χ2n) is 7.76. The van der Waals surface area contributed by atoms with E-state index in [1.165, 1.54) is 12.8 Å². The first kappa shape index (κ1) is 14.4. The van der Waals surface area contributed by atoms with E-state index in [1.807, 2.05) is 0 Å². The van der Waals surface area contributed by atoms with Crippen LogP contribution in [0.4, 0.5) is 0 Å². The monoisotopic (exact) mass is 279 g/mol. The number of carbonyl (C=O) groups excluding carboxylic acids is 1. The molecule has 3 rings (SSSR count). The molecule has 20 heavy (non-hydrogen) atoms. The molecule has 2 bridgehead atoms. The van der Waals surface area contributed by atoms with Crippen molar-refractivity contribution in [2.45, 2.75) is 70.9 Å². The molecule has 4 unspecified atom stereocenters. The minimum absolute atomic E-state index is 0.141. The molecule has 0 saturated heterocycles. The summed E-state index contributed by atoms with van der Waals surface area (Å²) in [5.74, 6) is 3.65. The van der Waals surface area contributed by atoms with Crippen LogP contribution in [-0.4, -0.2) is 23.2 Å². The minimum atomic E-state index is -0.141. The summed E-state index contributed by atoms with van der Waals surface area (Å²) in [4.78, 5) is 12.5. The molecular formula is C17H29NO2. The molecule has 0 heterocycles. The van der Waals surface area contributed by atoms with E-state index in [-0.39, 0.29) is 12.0 Å². The zero-order chi connectivity index (χ0) is 14.3. The fourth-order valence-corrected chi connectivity index (χ4v) is 4.99. The van der Waals surface area contributed by atoms with Gasteiger partial charge in [-0.1, -0.05) is 13.8 Å². The SMILES string of the molecule is CC(C)C1CC2CC1CC2C(=O)NC1CCC(O)CC1. The van der Waals surface area contributed by atoms with Crippen molar-refractivity contribution in [2.24, 2.45) is 29.6 Å². The van der Waals surface area contributed by atoms with Gasteiger partial charge in [-0.15, -0.1) is 0 Å². The van der Waals surface area contributed by atoms with Crippen molar-refractivity contribution >= 4 is 5.91 Å². The quantitative estimate of drug-likeness (QED) is 0.834. The Morgan fingerprint density at radius 3 is 2.30 bits per heavy atom. The minimum Gasteiger partial charge on any atom is -0.393 e. The van der Waals surface area contributed by atoms with Gasteiger partial charge in [0.1, 0.15) is 0 Å². The van der Waals surface area contributed by atoms with Gasteiger partial charge in [-0.25, -0.2) is 0 Å². The van der Waals surface area contributed by atoms with Crippen molar-refractivity contribution in [1.29, 1.82) is 0 Å². The number of hydrogen-bond acceptors (Lipinski definition) is 2. The van der Waals surface area contributed by atoms with Gasteiger partial charge in [-0.3, -0.25) is 4.79 Å². The van der Waals surface area contributed by atoms with Crippen LogP contribution in [0.5, 0.6) is 0 Å². The molecule has 3 aliphatic carbocycles. The van der Waals surface area contributed by atoms with Crippen LogP contribution in [0.2, 0.25) is 0 Å². The van der Waals surface area contributed by atoms with E-state index in [2.05, 4.69) is 19.2 Å². The number of carbonyl (C=O) groups is 1. The van der Waals surface area contributed by atoms with Crippen LogP contribution in [-0.2, 0) is 4.79 Å². The smallest absolute Gasteiger partial charge is 0.223 e. The molecule has 0 aromatic heterocycles. The fraction of sp³-hybridized carbons (Fsp3) is 0.941. The van der Waals surface area contributed by atoms with Crippen molar-refractivity contribution < 1.29 is 9.90 Å². The van der Waals surface area contributed by atoms with Crippen LogP contribution >= 0.6 is 0 Å². The third kappa shape index (κ3) is 2.74. The van der Waals surface area contributed by atoms with Gasteiger partial charge in [0.05, 0.1) is 6.10 Å². The number of rotatable bonds is 3. The lowest BCUT2D eigenvalue weighted by atomic mass is 9.76. The summed E-state index contributed by atoms with van der Waals surface area (Å²) in [7, 11) is 0. The Balaban J connectivity index is 1.50. The molecule has 1 amide bonds. The van der Waals surface area contributed by atoms with Gasteiger partial charge in [-0.2, -0.15) is 0 Å². The first-order chi connectivity index (χ1) is 9.54. The van der Waals surface area contributed by atoms with Crippen LogP contribution in [0, 0.1) is 29.6 Å². The lowest BCUT2D eigenvalue weighted by Crippen LogP contribution is -2.43. The maximum Gasteiger partial charge on any atom is 0.223 e. The summed E-state index contributed by atoms with van der Waals surface area (Å²) in [5, 5.41) is 12.8. The summed E-state index contributed by atoms with van der Waals surface area (Å²) in [6.45, 7) is 4.65. The van der Waals surface area contributed by atoms with Crippen molar-refractivity contribution in [3.63, 3.8) is 0 Å². The van der Waals surface area contributed by atoms with Crippen LogP contribution in [0.3, 0.4) is 0 Å². The highest BCUT2D eigenvalue weighted by Crippen LogP contribution is 2.54. The zero-order valence-corrected chi connectivity index (χ0v) is 12.8. The lowest BCUT2D eigenvalue weighted by molar-refractivity contribution is -0.128. The van der Waals surface area contributed by atoms with Gasteiger partial charge in [0.15, 0.2) is 0 Å². The molecule has 4 atom stereocenters. The third-order valence-corrected chi connectivity index (χ3v) is 6.15. The molecule has 0 spiro atoms. The van der Waals surface area contributed by atoms with E-state index in [0.717, 1.165) is 49.9 Å². The Morgan fingerprint density at radius 2 is 1.75 bits per heavy atom. The number of aliphatic hydroxyl groups is 1. The van der Waals surface area contributed by atoms with E-state index in [4.69, 9.17) is 0 Å². The number of fused-ring (bicyclic) bond motifs is 2. The highest BCUT2D eigenvalue weighted by atomic mass is 16.3. The number of nitrogens with one attached hydrogen (secondary N) is 1. The molecule has 3 nitrogen and oxygen atoms in total. The van der Waals surface area contributed by atoms with Gasteiger partial charge in [0.25, 0.3) is 0 Å². The predicted octanol–water partition coefficient (Wildman–Crippen LogP) is 2.72. The van der Waals surface area contributed by atoms with Crippen LogP contribution < -0.4 is 5.32 Å². The molecule has 2 N–H and O–H groups in total. The number of amides is 1. The molecule has 3 aliphatic rings. The average Bonchev–Trinajstić information content (AvgIpc) is 3.01. The van der Waals surface area contributed by atoms with Crippen molar-refractivity contribution in [3.05, 3.63) is 0 Å². The van der Waals surface area contributed by atoms with Crippen molar-refractivity contribution in [2.75, 3.05) is 0 Å².